The molecule has 1 aromatic heterocycles. The van der Waals surface area contributed by atoms with Crippen molar-refractivity contribution in [2.75, 3.05) is 33.2 Å². The fraction of sp³-hybridized carbons (Fsp3) is 0.312. The highest BCUT2D eigenvalue weighted by Gasteiger charge is 2.09. The van der Waals surface area contributed by atoms with Gasteiger partial charge in [-0.05, 0) is 54.9 Å². The van der Waals surface area contributed by atoms with Gasteiger partial charge in [-0.2, -0.15) is 0 Å². The molecule has 0 atom stereocenters. The Labute approximate surface area is 140 Å². The average Bonchev–Trinajstić information content (AvgIpc) is 3.03. The highest BCUT2D eigenvalue weighted by Crippen LogP contribution is 2.11. The molecule has 1 aliphatic heterocycles. The number of aromatic nitrogens is 4. The van der Waals surface area contributed by atoms with E-state index in [0.717, 1.165) is 31.9 Å². The Bertz CT molecular complexity index is 683. The summed E-state index contributed by atoms with van der Waals surface area (Å²) in [6, 6.07) is 7.30. The van der Waals surface area contributed by atoms with Gasteiger partial charge < -0.3 is 9.80 Å². The minimum absolute atomic E-state index is 0.572. The number of allylic oxidation sites excluding steroid dienone is 2. The lowest BCUT2D eigenvalue weighted by Gasteiger charge is -2.31. The summed E-state index contributed by atoms with van der Waals surface area (Å²) < 4.78 is 0. The van der Waals surface area contributed by atoms with Crippen molar-refractivity contribution in [2.24, 2.45) is 0 Å². The van der Waals surface area contributed by atoms with Crippen LogP contribution in [0.25, 0.3) is 11.8 Å². The largest absolute Gasteiger partial charge is 0.375 e. The van der Waals surface area contributed by atoms with Crippen LogP contribution in [0.4, 0.5) is 0 Å². The highest BCUT2D eigenvalue weighted by atomic mass is 35.5. The monoisotopic (exact) mass is 330 g/mol. The van der Waals surface area contributed by atoms with Gasteiger partial charge in [0, 0.05) is 31.2 Å². The number of rotatable bonds is 4. The van der Waals surface area contributed by atoms with E-state index in [-0.39, 0.29) is 0 Å². The van der Waals surface area contributed by atoms with Crippen LogP contribution in [0.15, 0.2) is 42.6 Å². The van der Waals surface area contributed by atoms with Crippen molar-refractivity contribution in [1.82, 2.24) is 30.0 Å². The van der Waals surface area contributed by atoms with Crippen molar-refractivity contribution in [1.29, 1.82) is 0 Å². The number of piperazine rings is 1. The van der Waals surface area contributed by atoms with Crippen molar-refractivity contribution >= 4 is 17.7 Å². The molecule has 0 radical (unpaired) electrons. The van der Waals surface area contributed by atoms with E-state index >= 15 is 0 Å². The van der Waals surface area contributed by atoms with Crippen LogP contribution in [0.3, 0.4) is 0 Å². The predicted octanol–water partition coefficient (Wildman–Crippen LogP) is 2.09. The van der Waals surface area contributed by atoms with Crippen molar-refractivity contribution in [3.63, 3.8) is 0 Å². The lowest BCUT2D eigenvalue weighted by molar-refractivity contribution is 0.198. The molecule has 0 spiro atoms. The summed E-state index contributed by atoms with van der Waals surface area (Å²) in [6.45, 7) is 4.33. The quantitative estimate of drug-likeness (QED) is 0.803. The molecule has 0 bridgehead atoms. The predicted molar refractivity (Wildman–Crippen MR) is 91.4 cm³/mol. The Balaban J connectivity index is 1.57. The summed E-state index contributed by atoms with van der Waals surface area (Å²) in [4.78, 5) is 6.13. The number of benzene rings is 1. The molecule has 23 heavy (non-hydrogen) atoms. The molecule has 1 aromatic carbocycles. The maximum Gasteiger partial charge on any atom is 0.198 e. The first kappa shape index (κ1) is 15.7. The Kier molecular flexibility index (Phi) is 5.05. The zero-order valence-corrected chi connectivity index (χ0v) is 13.8. The molecule has 0 N–H and O–H groups in total. The van der Waals surface area contributed by atoms with E-state index in [9.17, 15) is 0 Å². The number of tetrazole rings is 1. The van der Waals surface area contributed by atoms with Gasteiger partial charge in [-0.1, -0.05) is 17.7 Å². The van der Waals surface area contributed by atoms with Crippen LogP contribution < -0.4 is 0 Å². The molecule has 120 valence electrons. The molecule has 2 aromatic rings. The summed E-state index contributed by atoms with van der Waals surface area (Å²) in [5.74, 6) is 0.572. The number of hydrogen-bond acceptors (Lipinski definition) is 5. The van der Waals surface area contributed by atoms with Crippen molar-refractivity contribution in [3.8, 4) is 5.69 Å². The minimum atomic E-state index is 0.572. The molecule has 0 amide bonds. The Morgan fingerprint density at radius 3 is 2.52 bits per heavy atom. The molecule has 2 heterocycles. The highest BCUT2D eigenvalue weighted by molar-refractivity contribution is 6.30. The molecular formula is C16H19ClN6. The molecule has 1 fully saturated rings. The topological polar surface area (TPSA) is 50.1 Å². The summed E-state index contributed by atoms with van der Waals surface area (Å²) in [7, 11) is 2.15. The fourth-order valence-corrected chi connectivity index (χ4v) is 2.39. The molecule has 0 saturated carbocycles. The van der Waals surface area contributed by atoms with E-state index in [1.807, 2.05) is 30.4 Å². The summed E-state index contributed by atoms with van der Waals surface area (Å²) >= 11 is 5.87. The van der Waals surface area contributed by atoms with Gasteiger partial charge in [0.05, 0.1) is 5.69 Å². The van der Waals surface area contributed by atoms with E-state index in [2.05, 4.69) is 38.5 Å². The molecule has 6 nitrogen and oxygen atoms in total. The van der Waals surface area contributed by atoms with Gasteiger partial charge in [0.2, 0.25) is 0 Å². The van der Waals surface area contributed by atoms with Gasteiger partial charge in [0.15, 0.2) is 5.82 Å². The SMILES string of the molecule is CN1CCN(C=CC=Cc2nnn(-c3ccc(Cl)cc3)n2)CC1. The zero-order valence-electron chi connectivity index (χ0n) is 13.0. The normalized spacial score (nSPS) is 16.7. The van der Waals surface area contributed by atoms with E-state index in [4.69, 9.17) is 11.6 Å². The van der Waals surface area contributed by atoms with Gasteiger partial charge in [-0.25, -0.2) is 0 Å². The van der Waals surface area contributed by atoms with Crippen molar-refractivity contribution < 1.29 is 0 Å². The molecule has 3 rings (SSSR count). The number of likely N-dealkylation sites (N-methyl/N-ethyl adjacent to an activating group) is 1. The lowest BCUT2D eigenvalue weighted by Crippen LogP contribution is -2.41. The smallest absolute Gasteiger partial charge is 0.198 e. The van der Waals surface area contributed by atoms with E-state index in [1.54, 1.807) is 12.1 Å². The standard InChI is InChI=1S/C16H19ClN6/c1-21-10-12-22(13-11-21)9-3-2-4-16-18-20-23(19-16)15-7-5-14(17)6-8-15/h2-9H,10-13H2,1H3. The van der Waals surface area contributed by atoms with E-state index in [0.29, 0.717) is 10.8 Å². The van der Waals surface area contributed by atoms with Crippen LogP contribution in [0.2, 0.25) is 5.02 Å². The van der Waals surface area contributed by atoms with Gasteiger partial charge in [-0.3, -0.25) is 0 Å². The Hall–Kier alpha value is -2.18. The van der Waals surface area contributed by atoms with Crippen LogP contribution in [0.1, 0.15) is 5.82 Å². The molecule has 1 saturated heterocycles. The number of nitrogens with zero attached hydrogens (tertiary/aromatic N) is 6. The zero-order chi connectivity index (χ0) is 16.1. The van der Waals surface area contributed by atoms with Crippen LogP contribution in [0.5, 0.6) is 0 Å². The average molecular weight is 331 g/mol. The first-order valence-electron chi connectivity index (χ1n) is 7.54. The molecule has 0 aliphatic carbocycles. The van der Waals surface area contributed by atoms with E-state index in [1.165, 1.54) is 4.80 Å². The van der Waals surface area contributed by atoms with E-state index < -0.39 is 0 Å². The Morgan fingerprint density at radius 2 is 1.78 bits per heavy atom. The van der Waals surface area contributed by atoms with Crippen molar-refractivity contribution in [2.45, 2.75) is 0 Å². The second-order valence-corrected chi connectivity index (χ2v) is 5.89. The second-order valence-electron chi connectivity index (χ2n) is 5.45. The van der Waals surface area contributed by atoms with Crippen LogP contribution in [-0.2, 0) is 0 Å². The molecule has 7 heteroatoms. The third-order valence-corrected chi connectivity index (χ3v) is 3.93. The minimum Gasteiger partial charge on any atom is -0.375 e. The first-order valence-corrected chi connectivity index (χ1v) is 7.92. The second kappa shape index (κ2) is 7.39. The van der Waals surface area contributed by atoms with Crippen LogP contribution >= 0.6 is 11.6 Å². The van der Waals surface area contributed by atoms with Crippen LogP contribution in [0, 0.1) is 0 Å². The van der Waals surface area contributed by atoms with Gasteiger partial charge in [0.1, 0.15) is 0 Å². The molecule has 0 unspecified atom stereocenters. The van der Waals surface area contributed by atoms with Gasteiger partial charge in [0.25, 0.3) is 0 Å². The number of hydrogen-bond donors (Lipinski definition) is 0. The third-order valence-electron chi connectivity index (χ3n) is 3.68. The summed E-state index contributed by atoms with van der Waals surface area (Å²) in [6.07, 6.45) is 7.88. The van der Waals surface area contributed by atoms with Gasteiger partial charge in [-0.15, -0.1) is 15.0 Å². The molecular weight excluding hydrogens is 312 g/mol. The third kappa shape index (κ3) is 4.40. The van der Waals surface area contributed by atoms with Crippen molar-refractivity contribution in [3.05, 3.63) is 53.5 Å². The maximum absolute atomic E-state index is 5.87. The lowest BCUT2D eigenvalue weighted by atomic mass is 10.3. The summed E-state index contributed by atoms with van der Waals surface area (Å²) in [5, 5.41) is 13.0. The number of halogens is 1. The Morgan fingerprint density at radius 1 is 1.04 bits per heavy atom. The molecule has 1 aliphatic rings. The maximum atomic E-state index is 5.87. The van der Waals surface area contributed by atoms with Crippen LogP contribution in [-0.4, -0.2) is 63.2 Å². The summed E-state index contributed by atoms with van der Waals surface area (Å²) in [5.41, 5.74) is 0.828. The first-order chi connectivity index (χ1) is 11.2. The van der Waals surface area contributed by atoms with Gasteiger partial charge >= 0.3 is 0 Å². The fourth-order valence-electron chi connectivity index (χ4n) is 2.26.